The number of hydrogen-bond acceptors (Lipinski definition) is 6. The number of phenolic OH excluding ortho intramolecular Hbond substituents is 1. The van der Waals surface area contributed by atoms with Gasteiger partial charge < -0.3 is 15.7 Å². The van der Waals surface area contributed by atoms with Crippen molar-refractivity contribution in [1.82, 2.24) is 15.1 Å². The number of anilines is 2. The molecule has 1 aliphatic heterocycles. The SMILES string of the molecule is CC(c1ccccc1)N1CCN(c2cc(-c3ccccc3O)nnc2N)CC1. The molecule has 6 heteroatoms. The molecule has 0 saturated carbocycles. The minimum atomic E-state index is 0.189. The maximum absolute atomic E-state index is 10.1. The van der Waals surface area contributed by atoms with Crippen LogP contribution in [0.4, 0.5) is 11.5 Å². The van der Waals surface area contributed by atoms with E-state index < -0.39 is 0 Å². The summed E-state index contributed by atoms with van der Waals surface area (Å²) in [4.78, 5) is 4.74. The quantitative estimate of drug-likeness (QED) is 0.728. The van der Waals surface area contributed by atoms with Crippen LogP contribution in [0.15, 0.2) is 60.7 Å². The number of hydrogen-bond donors (Lipinski definition) is 2. The van der Waals surface area contributed by atoms with Gasteiger partial charge in [-0.2, -0.15) is 0 Å². The first-order valence-corrected chi connectivity index (χ1v) is 9.59. The molecule has 1 fully saturated rings. The second-order valence-corrected chi connectivity index (χ2v) is 7.13. The lowest BCUT2D eigenvalue weighted by Gasteiger charge is -2.39. The van der Waals surface area contributed by atoms with Gasteiger partial charge in [0.25, 0.3) is 0 Å². The maximum Gasteiger partial charge on any atom is 0.169 e. The fraction of sp³-hybridized carbons (Fsp3) is 0.273. The van der Waals surface area contributed by atoms with E-state index in [2.05, 4.69) is 57.3 Å². The van der Waals surface area contributed by atoms with E-state index in [0.717, 1.165) is 31.9 Å². The van der Waals surface area contributed by atoms with E-state index in [9.17, 15) is 5.11 Å². The van der Waals surface area contributed by atoms with Crippen LogP contribution in [0.25, 0.3) is 11.3 Å². The first kappa shape index (κ1) is 18.3. The van der Waals surface area contributed by atoms with Crippen LogP contribution >= 0.6 is 0 Å². The number of benzene rings is 2. The van der Waals surface area contributed by atoms with Gasteiger partial charge in [-0.05, 0) is 30.7 Å². The van der Waals surface area contributed by atoms with Crippen LogP contribution in [0, 0.1) is 0 Å². The topological polar surface area (TPSA) is 78.5 Å². The van der Waals surface area contributed by atoms with Gasteiger partial charge in [-0.15, -0.1) is 10.2 Å². The Morgan fingerprint density at radius 3 is 2.32 bits per heavy atom. The predicted molar refractivity (Wildman–Crippen MR) is 112 cm³/mol. The zero-order valence-corrected chi connectivity index (χ0v) is 16.0. The number of nitrogens with two attached hydrogens (primary N) is 1. The Morgan fingerprint density at radius 2 is 1.61 bits per heavy atom. The molecule has 28 heavy (non-hydrogen) atoms. The highest BCUT2D eigenvalue weighted by atomic mass is 16.3. The molecule has 1 unspecified atom stereocenters. The van der Waals surface area contributed by atoms with E-state index in [0.29, 0.717) is 23.1 Å². The Labute approximate surface area is 165 Å². The molecule has 4 rings (SSSR count). The molecule has 0 aliphatic carbocycles. The van der Waals surface area contributed by atoms with E-state index in [-0.39, 0.29) is 5.75 Å². The summed E-state index contributed by atoms with van der Waals surface area (Å²) >= 11 is 0. The van der Waals surface area contributed by atoms with Crippen molar-refractivity contribution in [3.63, 3.8) is 0 Å². The second-order valence-electron chi connectivity index (χ2n) is 7.13. The first-order valence-electron chi connectivity index (χ1n) is 9.59. The number of aromatic hydroxyl groups is 1. The second kappa shape index (κ2) is 7.86. The van der Waals surface area contributed by atoms with Gasteiger partial charge in [0, 0.05) is 37.8 Å². The largest absolute Gasteiger partial charge is 0.507 e. The van der Waals surface area contributed by atoms with Gasteiger partial charge in [0.2, 0.25) is 0 Å². The highest BCUT2D eigenvalue weighted by Crippen LogP contribution is 2.32. The van der Waals surface area contributed by atoms with Gasteiger partial charge in [-0.25, -0.2) is 0 Å². The number of nitrogens with zero attached hydrogens (tertiary/aromatic N) is 4. The Balaban J connectivity index is 1.50. The van der Waals surface area contributed by atoms with Gasteiger partial charge in [0.15, 0.2) is 5.82 Å². The minimum absolute atomic E-state index is 0.189. The summed E-state index contributed by atoms with van der Waals surface area (Å²) in [6, 6.07) is 20.0. The fourth-order valence-electron chi connectivity index (χ4n) is 3.76. The lowest BCUT2D eigenvalue weighted by Crippen LogP contribution is -2.47. The zero-order chi connectivity index (χ0) is 19.5. The number of nitrogen functional groups attached to an aromatic ring is 1. The summed E-state index contributed by atoms with van der Waals surface area (Å²) in [7, 11) is 0. The third-order valence-electron chi connectivity index (χ3n) is 5.47. The van der Waals surface area contributed by atoms with E-state index in [1.807, 2.05) is 18.2 Å². The van der Waals surface area contributed by atoms with Crippen LogP contribution in [-0.2, 0) is 0 Å². The molecule has 3 N–H and O–H groups in total. The summed E-state index contributed by atoms with van der Waals surface area (Å²) in [5.74, 6) is 0.609. The molecule has 0 radical (unpaired) electrons. The van der Waals surface area contributed by atoms with Crippen molar-refractivity contribution < 1.29 is 5.11 Å². The van der Waals surface area contributed by atoms with Crippen molar-refractivity contribution in [2.45, 2.75) is 13.0 Å². The molecule has 0 spiro atoms. The highest BCUT2D eigenvalue weighted by Gasteiger charge is 2.24. The summed E-state index contributed by atoms with van der Waals surface area (Å²) in [6.07, 6.45) is 0. The molecular formula is C22H25N5O. The highest BCUT2D eigenvalue weighted by molar-refractivity contribution is 5.74. The van der Waals surface area contributed by atoms with Crippen molar-refractivity contribution in [2.24, 2.45) is 0 Å². The number of phenols is 1. The Kier molecular flexibility index (Phi) is 5.12. The van der Waals surface area contributed by atoms with Crippen LogP contribution in [-0.4, -0.2) is 46.4 Å². The number of aromatic nitrogens is 2. The van der Waals surface area contributed by atoms with Gasteiger partial charge >= 0.3 is 0 Å². The Morgan fingerprint density at radius 1 is 0.929 bits per heavy atom. The van der Waals surface area contributed by atoms with Crippen LogP contribution in [0.2, 0.25) is 0 Å². The van der Waals surface area contributed by atoms with Crippen LogP contribution in [0.3, 0.4) is 0 Å². The smallest absolute Gasteiger partial charge is 0.169 e. The number of para-hydroxylation sites is 1. The minimum Gasteiger partial charge on any atom is -0.507 e. The molecule has 2 heterocycles. The molecule has 1 saturated heterocycles. The lowest BCUT2D eigenvalue weighted by atomic mass is 10.1. The van der Waals surface area contributed by atoms with E-state index in [1.54, 1.807) is 12.1 Å². The number of piperazine rings is 1. The third-order valence-corrected chi connectivity index (χ3v) is 5.47. The Hall–Kier alpha value is -3.12. The summed E-state index contributed by atoms with van der Waals surface area (Å²) < 4.78 is 0. The molecule has 144 valence electrons. The Bertz CT molecular complexity index is 939. The predicted octanol–water partition coefficient (Wildman–Crippen LogP) is 3.31. The van der Waals surface area contributed by atoms with Crippen molar-refractivity contribution in [1.29, 1.82) is 0 Å². The van der Waals surface area contributed by atoms with Crippen LogP contribution in [0.5, 0.6) is 5.75 Å². The van der Waals surface area contributed by atoms with Gasteiger partial charge in [0.05, 0.1) is 11.4 Å². The van der Waals surface area contributed by atoms with Crippen LogP contribution < -0.4 is 10.6 Å². The molecule has 1 aromatic heterocycles. The van der Waals surface area contributed by atoms with Gasteiger partial charge in [-0.3, -0.25) is 4.90 Å². The summed E-state index contributed by atoms with van der Waals surface area (Å²) in [6.45, 7) is 5.89. The summed E-state index contributed by atoms with van der Waals surface area (Å²) in [5, 5.41) is 18.4. The van der Waals surface area contributed by atoms with Crippen molar-refractivity contribution >= 4 is 11.5 Å². The number of rotatable bonds is 4. The normalized spacial score (nSPS) is 16.1. The molecular weight excluding hydrogens is 350 g/mol. The molecule has 1 atom stereocenters. The monoisotopic (exact) mass is 375 g/mol. The fourth-order valence-corrected chi connectivity index (χ4v) is 3.76. The zero-order valence-electron chi connectivity index (χ0n) is 16.0. The van der Waals surface area contributed by atoms with Gasteiger partial charge in [0.1, 0.15) is 5.75 Å². The van der Waals surface area contributed by atoms with E-state index >= 15 is 0 Å². The molecule has 0 bridgehead atoms. The van der Waals surface area contributed by atoms with Crippen LogP contribution in [0.1, 0.15) is 18.5 Å². The van der Waals surface area contributed by atoms with Crippen molar-refractivity contribution in [3.8, 4) is 17.0 Å². The standard InChI is InChI=1S/C22H25N5O/c1-16(17-7-3-2-4-8-17)26-11-13-27(14-12-26)20-15-19(24-25-22(20)23)18-9-5-6-10-21(18)28/h2-10,15-16,28H,11-14H2,1H3,(H2,23,25). The van der Waals surface area contributed by atoms with E-state index in [1.165, 1.54) is 5.56 Å². The lowest BCUT2D eigenvalue weighted by molar-refractivity contribution is 0.198. The first-order chi connectivity index (χ1) is 13.6. The van der Waals surface area contributed by atoms with Crippen molar-refractivity contribution in [3.05, 3.63) is 66.2 Å². The molecule has 3 aromatic rings. The van der Waals surface area contributed by atoms with Gasteiger partial charge in [-0.1, -0.05) is 42.5 Å². The molecule has 2 aromatic carbocycles. The van der Waals surface area contributed by atoms with E-state index in [4.69, 9.17) is 5.73 Å². The maximum atomic E-state index is 10.1. The molecule has 0 amide bonds. The average molecular weight is 375 g/mol. The molecule has 1 aliphatic rings. The third kappa shape index (κ3) is 3.64. The average Bonchev–Trinajstić information content (AvgIpc) is 2.75. The summed E-state index contributed by atoms with van der Waals surface area (Å²) in [5.41, 5.74) is 9.63. The molecule has 6 nitrogen and oxygen atoms in total. The van der Waals surface area contributed by atoms with Crippen molar-refractivity contribution in [2.75, 3.05) is 36.8 Å².